The van der Waals surface area contributed by atoms with Gasteiger partial charge in [-0.3, -0.25) is 4.79 Å². The molecular formula is C34H68O15. The molecule has 0 unspecified atom stereocenters. The Labute approximate surface area is 295 Å². The first-order valence-electron chi connectivity index (χ1n) is 18.0. The van der Waals surface area contributed by atoms with Crippen molar-refractivity contribution >= 4 is 5.97 Å². The lowest BCUT2D eigenvalue weighted by Gasteiger charge is -2.09. The molecule has 0 atom stereocenters. The van der Waals surface area contributed by atoms with Crippen LogP contribution in [0.25, 0.3) is 0 Å². The predicted octanol–water partition coefficient (Wildman–Crippen LogP) is 2.35. The fraction of sp³-hybridized carbons (Fsp3) is 0.971. The van der Waals surface area contributed by atoms with Crippen molar-refractivity contribution in [3.05, 3.63) is 0 Å². The first kappa shape index (κ1) is 48.0. The number of carbonyl (C=O) groups excluding carboxylic acids is 1. The van der Waals surface area contributed by atoms with Crippen molar-refractivity contribution in [3.8, 4) is 0 Å². The van der Waals surface area contributed by atoms with Gasteiger partial charge in [0.05, 0.1) is 178 Å². The molecule has 0 aromatic heterocycles. The third-order valence-electron chi connectivity index (χ3n) is 6.11. The van der Waals surface area contributed by atoms with Crippen LogP contribution >= 0.6 is 0 Å². The molecule has 15 heteroatoms. The SMILES string of the molecule is CCCCCOCCOCCOCCOCCOCCOCCOCCOCCOCCOCCOCCOCCOCCC(=O)OCC. The first-order valence-corrected chi connectivity index (χ1v) is 18.0. The quantitative estimate of drug-likeness (QED) is 0.0671. The highest BCUT2D eigenvalue weighted by Crippen LogP contribution is 1.94. The second-order valence-electron chi connectivity index (χ2n) is 10.2. The van der Waals surface area contributed by atoms with Crippen LogP contribution in [0.4, 0.5) is 0 Å². The van der Waals surface area contributed by atoms with Crippen molar-refractivity contribution in [1.82, 2.24) is 0 Å². The van der Waals surface area contributed by atoms with E-state index in [0.29, 0.717) is 172 Å². The predicted molar refractivity (Wildman–Crippen MR) is 181 cm³/mol. The maximum absolute atomic E-state index is 11.2. The molecule has 0 bridgehead atoms. The monoisotopic (exact) mass is 716 g/mol. The summed E-state index contributed by atoms with van der Waals surface area (Å²) in [7, 11) is 0. The second kappa shape index (κ2) is 45.0. The number of esters is 1. The highest BCUT2D eigenvalue weighted by atomic mass is 16.6. The lowest BCUT2D eigenvalue weighted by Crippen LogP contribution is -2.15. The van der Waals surface area contributed by atoms with E-state index in [1.807, 2.05) is 0 Å². The zero-order valence-corrected chi connectivity index (χ0v) is 30.5. The molecule has 0 saturated heterocycles. The largest absolute Gasteiger partial charge is 0.466 e. The van der Waals surface area contributed by atoms with Gasteiger partial charge in [-0.25, -0.2) is 0 Å². The molecule has 0 amide bonds. The Morgan fingerprint density at radius 1 is 0.306 bits per heavy atom. The van der Waals surface area contributed by atoms with E-state index in [-0.39, 0.29) is 12.4 Å². The second-order valence-corrected chi connectivity index (χ2v) is 10.2. The number of ether oxygens (including phenoxy) is 14. The molecule has 0 aliphatic heterocycles. The van der Waals surface area contributed by atoms with Crippen LogP contribution in [-0.4, -0.2) is 184 Å². The van der Waals surface area contributed by atoms with Gasteiger partial charge < -0.3 is 66.3 Å². The van der Waals surface area contributed by atoms with Gasteiger partial charge in [-0.2, -0.15) is 0 Å². The van der Waals surface area contributed by atoms with Crippen LogP contribution < -0.4 is 0 Å². The molecule has 0 aliphatic carbocycles. The molecule has 49 heavy (non-hydrogen) atoms. The summed E-state index contributed by atoms with van der Waals surface area (Å²) in [4.78, 5) is 11.2. The number of hydrogen-bond donors (Lipinski definition) is 0. The average Bonchev–Trinajstić information content (AvgIpc) is 3.10. The summed E-state index contributed by atoms with van der Waals surface area (Å²) in [5.41, 5.74) is 0. The van der Waals surface area contributed by atoms with Crippen molar-refractivity contribution in [1.29, 1.82) is 0 Å². The van der Waals surface area contributed by atoms with Crippen molar-refractivity contribution in [2.24, 2.45) is 0 Å². The molecule has 0 fully saturated rings. The van der Waals surface area contributed by atoms with Crippen molar-refractivity contribution in [3.63, 3.8) is 0 Å². The molecule has 0 N–H and O–H groups in total. The zero-order chi connectivity index (χ0) is 35.4. The third-order valence-corrected chi connectivity index (χ3v) is 6.11. The molecule has 0 radical (unpaired) electrons. The number of hydrogen-bond acceptors (Lipinski definition) is 15. The van der Waals surface area contributed by atoms with Gasteiger partial charge >= 0.3 is 5.97 Å². The van der Waals surface area contributed by atoms with Crippen LogP contribution in [0.5, 0.6) is 0 Å². The summed E-state index contributed by atoms with van der Waals surface area (Å²) in [6, 6.07) is 0. The molecule has 0 aromatic carbocycles. The highest BCUT2D eigenvalue weighted by molar-refractivity contribution is 5.69. The lowest BCUT2D eigenvalue weighted by molar-refractivity contribution is -0.144. The van der Waals surface area contributed by atoms with Crippen LogP contribution in [0.1, 0.15) is 39.5 Å². The van der Waals surface area contributed by atoms with E-state index < -0.39 is 0 Å². The zero-order valence-electron chi connectivity index (χ0n) is 30.5. The summed E-state index contributed by atoms with van der Waals surface area (Å²) in [5, 5.41) is 0. The standard InChI is InChI=1S/C34H68O15/c1-3-5-6-8-36-10-12-38-14-16-40-18-20-42-22-24-44-26-28-46-30-32-48-33-31-47-29-27-45-25-23-43-21-19-41-17-15-39-13-11-37-9-7-34(35)49-4-2/h3-33H2,1-2H3. The van der Waals surface area contributed by atoms with Gasteiger partial charge in [-0.05, 0) is 13.3 Å². The Hall–Kier alpha value is -1.05. The van der Waals surface area contributed by atoms with Crippen LogP contribution in [0.15, 0.2) is 0 Å². The van der Waals surface area contributed by atoms with Gasteiger partial charge in [0.15, 0.2) is 0 Å². The summed E-state index contributed by atoms with van der Waals surface area (Å²) in [6.07, 6.45) is 3.79. The molecule has 0 rings (SSSR count). The van der Waals surface area contributed by atoms with E-state index >= 15 is 0 Å². The lowest BCUT2D eigenvalue weighted by atomic mass is 10.3. The number of unbranched alkanes of at least 4 members (excludes halogenated alkanes) is 2. The summed E-state index contributed by atoms with van der Waals surface area (Å²) in [6.45, 7) is 17.8. The minimum Gasteiger partial charge on any atom is -0.466 e. The van der Waals surface area contributed by atoms with E-state index in [4.69, 9.17) is 66.3 Å². The average molecular weight is 717 g/mol. The third kappa shape index (κ3) is 44.9. The normalized spacial score (nSPS) is 11.5. The van der Waals surface area contributed by atoms with E-state index in [2.05, 4.69) is 6.92 Å². The van der Waals surface area contributed by atoms with Crippen LogP contribution in [0, 0.1) is 0 Å². The molecule has 0 aliphatic rings. The summed E-state index contributed by atoms with van der Waals surface area (Å²) in [5.74, 6) is -0.251. The topological polar surface area (TPSA) is 146 Å². The van der Waals surface area contributed by atoms with Gasteiger partial charge in [0.2, 0.25) is 0 Å². The Balaban J connectivity index is 3.06. The molecule has 0 aromatic rings. The minimum absolute atomic E-state index is 0.251. The number of rotatable bonds is 44. The molecule has 0 saturated carbocycles. The number of carbonyl (C=O) groups is 1. The van der Waals surface area contributed by atoms with Crippen molar-refractivity contribution < 1.29 is 71.1 Å². The van der Waals surface area contributed by atoms with Crippen LogP contribution in [0.3, 0.4) is 0 Å². The summed E-state index contributed by atoms with van der Waals surface area (Å²) < 4.78 is 75.7. The minimum atomic E-state index is -0.251. The van der Waals surface area contributed by atoms with Crippen LogP contribution in [-0.2, 0) is 71.1 Å². The fourth-order valence-corrected chi connectivity index (χ4v) is 3.58. The maximum atomic E-state index is 11.2. The van der Waals surface area contributed by atoms with Crippen molar-refractivity contribution in [2.75, 3.05) is 178 Å². The van der Waals surface area contributed by atoms with Gasteiger partial charge in [0.1, 0.15) is 0 Å². The van der Waals surface area contributed by atoms with E-state index in [1.54, 1.807) is 6.92 Å². The van der Waals surface area contributed by atoms with Gasteiger partial charge in [-0.15, -0.1) is 0 Å². The van der Waals surface area contributed by atoms with Crippen molar-refractivity contribution in [2.45, 2.75) is 39.5 Å². The smallest absolute Gasteiger partial charge is 0.308 e. The molecule has 15 nitrogen and oxygen atoms in total. The van der Waals surface area contributed by atoms with Gasteiger partial charge in [0, 0.05) is 6.61 Å². The first-order chi connectivity index (χ1) is 24.3. The fourth-order valence-electron chi connectivity index (χ4n) is 3.58. The molecular weight excluding hydrogens is 648 g/mol. The van der Waals surface area contributed by atoms with Gasteiger partial charge in [0.25, 0.3) is 0 Å². The van der Waals surface area contributed by atoms with Gasteiger partial charge in [-0.1, -0.05) is 19.8 Å². The molecule has 0 heterocycles. The highest BCUT2D eigenvalue weighted by Gasteiger charge is 2.01. The van der Waals surface area contributed by atoms with E-state index in [9.17, 15) is 4.79 Å². The molecule has 0 spiro atoms. The Morgan fingerprint density at radius 3 is 0.755 bits per heavy atom. The van der Waals surface area contributed by atoms with E-state index in [1.165, 1.54) is 12.8 Å². The Morgan fingerprint density at radius 2 is 0.531 bits per heavy atom. The molecule has 294 valence electrons. The Bertz CT molecular complexity index is 618. The van der Waals surface area contributed by atoms with Crippen LogP contribution in [0.2, 0.25) is 0 Å². The summed E-state index contributed by atoms with van der Waals surface area (Å²) >= 11 is 0. The van der Waals surface area contributed by atoms with E-state index in [0.717, 1.165) is 13.0 Å². The maximum Gasteiger partial charge on any atom is 0.308 e. The Kier molecular flexibility index (Phi) is 44.0.